The van der Waals surface area contributed by atoms with E-state index in [-0.39, 0.29) is 11.9 Å². The van der Waals surface area contributed by atoms with E-state index in [1.807, 2.05) is 19.1 Å². The quantitative estimate of drug-likeness (QED) is 0.902. The van der Waals surface area contributed by atoms with Crippen molar-refractivity contribution in [1.29, 1.82) is 0 Å². The van der Waals surface area contributed by atoms with Crippen LogP contribution in [-0.4, -0.2) is 37.9 Å². The summed E-state index contributed by atoms with van der Waals surface area (Å²) in [7, 11) is 0. The number of hydrogen-bond acceptors (Lipinski definition) is 4. The normalized spacial score (nSPS) is 21.5. The first-order chi connectivity index (χ1) is 10.7. The first-order valence-corrected chi connectivity index (χ1v) is 7.61. The zero-order valence-electron chi connectivity index (χ0n) is 12.6. The summed E-state index contributed by atoms with van der Waals surface area (Å²) >= 11 is 0. The first kappa shape index (κ1) is 14.7. The summed E-state index contributed by atoms with van der Waals surface area (Å²) < 4.78 is 1.72. The molecule has 0 saturated heterocycles. The third-order valence-electron chi connectivity index (χ3n) is 4.21. The Labute approximate surface area is 129 Å². The summed E-state index contributed by atoms with van der Waals surface area (Å²) in [6.07, 6.45) is 8.13. The lowest BCUT2D eigenvalue weighted by atomic mass is 9.92. The highest BCUT2D eigenvalue weighted by atomic mass is 16.3. The van der Waals surface area contributed by atoms with E-state index < -0.39 is 6.10 Å². The van der Waals surface area contributed by atoms with Crippen LogP contribution in [-0.2, 0) is 0 Å². The fourth-order valence-electron chi connectivity index (χ4n) is 2.90. The first-order valence-electron chi connectivity index (χ1n) is 7.61. The molecule has 1 fully saturated rings. The number of nitrogens with zero attached hydrogens (tertiary/aromatic N) is 3. The van der Waals surface area contributed by atoms with E-state index in [0.717, 1.165) is 37.1 Å². The van der Waals surface area contributed by atoms with Crippen LogP contribution < -0.4 is 5.32 Å². The third kappa shape index (κ3) is 2.87. The summed E-state index contributed by atoms with van der Waals surface area (Å²) in [5, 5.41) is 17.2. The molecule has 2 unspecified atom stereocenters. The number of carbonyl (C=O) groups is 1. The predicted octanol–water partition coefficient (Wildman–Crippen LogP) is 1.61. The molecule has 6 heteroatoms. The molecule has 1 amide bonds. The predicted molar refractivity (Wildman–Crippen MR) is 81.8 cm³/mol. The van der Waals surface area contributed by atoms with Crippen LogP contribution in [0.25, 0.3) is 5.69 Å². The van der Waals surface area contributed by atoms with Crippen molar-refractivity contribution < 1.29 is 9.90 Å². The van der Waals surface area contributed by atoms with Gasteiger partial charge in [-0.3, -0.25) is 9.78 Å². The molecule has 2 heterocycles. The van der Waals surface area contributed by atoms with Gasteiger partial charge >= 0.3 is 0 Å². The molecule has 0 bridgehead atoms. The van der Waals surface area contributed by atoms with Gasteiger partial charge in [-0.1, -0.05) is 12.8 Å². The van der Waals surface area contributed by atoms with E-state index in [9.17, 15) is 9.90 Å². The molecule has 6 nitrogen and oxygen atoms in total. The van der Waals surface area contributed by atoms with Crippen LogP contribution in [0.4, 0.5) is 0 Å². The highest BCUT2D eigenvalue weighted by molar-refractivity contribution is 5.95. The van der Waals surface area contributed by atoms with Gasteiger partial charge in [0.05, 0.1) is 35.3 Å². The number of aliphatic hydroxyl groups excluding tert-OH is 1. The number of aliphatic hydroxyl groups is 1. The van der Waals surface area contributed by atoms with Gasteiger partial charge in [0.25, 0.3) is 5.91 Å². The molecule has 1 saturated carbocycles. The van der Waals surface area contributed by atoms with Gasteiger partial charge in [0, 0.05) is 12.4 Å². The standard InChI is InChI=1S/C16H20N4O2/c1-11-13(10-18-20(11)12-6-8-17-9-7-12)16(22)19-14-4-2-3-5-15(14)21/h6-10,14-15,21H,2-5H2,1H3,(H,19,22). The number of nitrogens with one attached hydrogen (secondary N) is 1. The zero-order valence-corrected chi connectivity index (χ0v) is 12.6. The van der Waals surface area contributed by atoms with Gasteiger partial charge in [0.2, 0.25) is 0 Å². The Morgan fingerprint density at radius 2 is 2.05 bits per heavy atom. The van der Waals surface area contributed by atoms with E-state index in [4.69, 9.17) is 0 Å². The van der Waals surface area contributed by atoms with Crippen LogP contribution in [0.15, 0.2) is 30.7 Å². The van der Waals surface area contributed by atoms with Crippen molar-refractivity contribution in [1.82, 2.24) is 20.1 Å². The Morgan fingerprint density at radius 1 is 1.32 bits per heavy atom. The maximum atomic E-state index is 12.4. The van der Waals surface area contributed by atoms with Crippen molar-refractivity contribution in [3.8, 4) is 5.69 Å². The second-order valence-corrected chi connectivity index (χ2v) is 5.69. The largest absolute Gasteiger partial charge is 0.391 e. The van der Waals surface area contributed by atoms with Crippen molar-refractivity contribution in [2.75, 3.05) is 0 Å². The van der Waals surface area contributed by atoms with Crippen molar-refractivity contribution in [3.05, 3.63) is 42.0 Å². The van der Waals surface area contributed by atoms with Crippen molar-refractivity contribution in [2.24, 2.45) is 0 Å². The maximum absolute atomic E-state index is 12.4. The lowest BCUT2D eigenvalue weighted by molar-refractivity contribution is 0.0717. The molecule has 2 aromatic rings. The maximum Gasteiger partial charge on any atom is 0.255 e. The number of amides is 1. The van der Waals surface area contributed by atoms with Crippen LogP contribution in [0.3, 0.4) is 0 Å². The second kappa shape index (κ2) is 6.27. The molecule has 0 spiro atoms. The molecule has 116 valence electrons. The van der Waals surface area contributed by atoms with Crippen molar-refractivity contribution >= 4 is 5.91 Å². The minimum absolute atomic E-state index is 0.162. The molecule has 2 N–H and O–H groups in total. The average molecular weight is 300 g/mol. The smallest absolute Gasteiger partial charge is 0.255 e. The van der Waals surface area contributed by atoms with Crippen molar-refractivity contribution in [2.45, 2.75) is 44.8 Å². The van der Waals surface area contributed by atoms with E-state index in [0.29, 0.717) is 5.56 Å². The monoisotopic (exact) mass is 300 g/mol. The molecule has 0 aliphatic heterocycles. The van der Waals surface area contributed by atoms with Crippen LogP contribution >= 0.6 is 0 Å². The Morgan fingerprint density at radius 3 is 2.77 bits per heavy atom. The molecular weight excluding hydrogens is 280 g/mol. The SMILES string of the molecule is Cc1c(C(=O)NC2CCCCC2O)cnn1-c1ccncc1. The number of aromatic nitrogens is 3. The average Bonchev–Trinajstić information content (AvgIpc) is 2.92. The Bertz CT molecular complexity index is 653. The molecule has 22 heavy (non-hydrogen) atoms. The van der Waals surface area contributed by atoms with Crippen LogP contribution in [0.2, 0.25) is 0 Å². The Kier molecular flexibility index (Phi) is 4.20. The van der Waals surface area contributed by atoms with Gasteiger partial charge in [-0.2, -0.15) is 5.10 Å². The minimum Gasteiger partial charge on any atom is -0.391 e. The molecule has 2 atom stereocenters. The van der Waals surface area contributed by atoms with Gasteiger partial charge in [-0.15, -0.1) is 0 Å². The molecule has 0 aromatic carbocycles. The number of hydrogen-bond donors (Lipinski definition) is 2. The fourth-order valence-corrected chi connectivity index (χ4v) is 2.90. The van der Waals surface area contributed by atoms with Gasteiger partial charge < -0.3 is 10.4 Å². The van der Waals surface area contributed by atoms with E-state index in [1.54, 1.807) is 23.3 Å². The van der Waals surface area contributed by atoms with Crippen molar-refractivity contribution in [3.63, 3.8) is 0 Å². The molecule has 1 aliphatic rings. The zero-order chi connectivity index (χ0) is 15.5. The molecule has 1 aliphatic carbocycles. The van der Waals surface area contributed by atoms with Gasteiger partial charge in [-0.05, 0) is 31.9 Å². The Balaban J connectivity index is 1.78. The van der Waals surface area contributed by atoms with Gasteiger partial charge in [0.1, 0.15) is 0 Å². The highest BCUT2D eigenvalue weighted by Crippen LogP contribution is 2.19. The van der Waals surface area contributed by atoms with E-state index in [2.05, 4.69) is 15.4 Å². The lowest BCUT2D eigenvalue weighted by Gasteiger charge is -2.28. The van der Waals surface area contributed by atoms with Crippen LogP contribution in [0.1, 0.15) is 41.7 Å². The number of carbonyl (C=O) groups excluding carboxylic acids is 1. The van der Waals surface area contributed by atoms with E-state index in [1.165, 1.54) is 0 Å². The highest BCUT2D eigenvalue weighted by Gasteiger charge is 2.26. The Hall–Kier alpha value is -2.21. The minimum atomic E-state index is -0.451. The molecule has 0 radical (unpaired) electrons. The topological polar surface area (TPSA) is 80.0 Å². The van der Waals surface area contributed by atoms with E-state index >= 15 is 0 Å². The van der Waals surface area contributed by atoms with Crippen LogP contribution in [0.5, 0.6) is 0 Å². The van der Waals surface area contributed by atoms with Gasteiger partial charge in [0.15, 0.2) is 0 Å². The molecular formula is C16H20N4O2. The molecule has 2 aromatic heterocycles. The summed E-state index contributed by atoms with van der Waals surface area (Å²) in [4.78, 5) is 16.4. The summed E-state index contributed by atoms with van der Waals surface area (Å²) in [5.41, 5.74) is 2.17. The molecule has 3 rings (SSSR count). The summed E-state index contributed by atoms with van der Waals surface area (Å²) in [6.45, 7) is 1.86. The van der Waals surface area contributed by atoms with Gasteiger partial charge in [-0.25, -0.2) is 4.68 Å². The second-order valence-electron chi connectivity index (χ2n) is 5.69. The lowest BCUT2D eigenvalue weighted by Crippen LogP contribution is -2.45. The number of pyridine rings is 1. The summed E-state index contributed by atoms with van der Waals surface area (Å²) in [5.74, 6) is -0.177. The summed E-state index contributed by atoms with van der Waals surface area (Å²) in [6, 6.07) is 3.52. The van der Waals surface area contributed by atoms with Crippen LogP contribution in [0, 0.1) is 6.92 Å². The fraction of sp³-hybridized carbons (Fsp3) is 0.438. The number of rotatable bonds is 3. The third-order valence-corrected chi connectivity index (χ3v) is 4.21.